The number of carbonyl (C=O) groups is 3. The summed E-state index contributed by atoms with van der Waals surface area (Å²) < 4.78 is 62.4. The van der Waals surface area contributed by atoms with Crippen molar-refractivity contribution in [2.75, 3.05) is 36.8 Å². The highest BCUT2D eigenvalue weighted by atomic mass is 35.5. The molecule has 0 aliphatic heterocycles. The van der Waals surface area contributed by atoms with E-state index in [1.54, 1.807) is 73.6 Å². The molecule has 4 aromatic heterocycles. The molecule has 0 fully saturated rings. The zero-order valence-corrected chi connectivity index (χ0v) is 47.1. The number of carboxylic acid groups (broad SMARTS) is 1. The van der Waals surface area contributed by atoms with Gasteiger partial charge in [0.15, 0.2) is 22.9 Å². The van der Waals surface area contributed by atoms with Crippen LogP contribution in [0, 0.1) is 13.8 Å². The lowest BCUT2D eigenvalue weighted by molar-refractivity contribution is -0.0505. The van der Waals surface area contributed by atoms with Gasteiger partial charge in [0, 0.05) is 83.6 Å². The molecule has 0 radical (unpaired) electrons. The first-order valence-corrected chi connectivity index (χ1v) is 26.7. The molecule has 18 nitrogen and oxygen atoms in total. The topological polar surface area (TPSA) is 228 Å². The Hall–Kier alpha value is -8.50. The van der Waals surface area contributed by atoms with Gasteiger partial charge in [0.05, 0.1) is 23.8 Å². The number of amides is 3. The number of hydrogen-bond donors (Lipinski definition) is 6. The fourth-order valence-corrected chi connectivity index (χ4v) is 9.01. The number of rotatable bonds is 25. The zero-order valence-electron chi connectivity index (χ0n) is 46.3. The van der Waals surface area contributed by atoms with Gasteiger partial charge >= 0.3 is 19.3 Å². The number of halogens is 5. The maximum Gasteiger partial charge on any atom is 0.407 e. The van der Waals surface area contributed by atoms with Gasteiger partial charge in [0.1, 0.15) is 11.5 Å². The molecule has 436 valence electrons. The van der Waals surface area contributed by atoms with Crippen molar-refractivity contribution in [2.45, 2.75) is 105 Å². The van der Waals surface area contributed by atoms with E-state index in [2.05, 4.69) is 50.7 Å². The first kappa shape index (κ1) is 62.7. The van der Waals surface area contributed by atoms with E-state index in [1.165, 1.54) is 29.2 Å². The van der Waals surface area contributed by atoms with E-state index in [9.17, 15) is 37.1 Å². The Morgan fingerprint density at radius 3 is 1.40 bits per heavy atom. The van der Waals surface area contributed by atoms with Gasteiger partial charge in [-0.25, -0.2) is 24.7 Å². The molecule has 0 aliphatic rings. The molecule has 0 bridgehead atoms. The summed E-state index contributed by atoms with van der Waals surface area (Å²) >= 11 is 0. The van der Waals surface area contributed by atoms with E-state index in [1.807, 2.05) is 67.7 Å². The second-order valence-electron chi connectivity index (χ2n) is 20.1. The smallest absolute Gasteiger partial charge is 0.407 e. The van der Waals surface area contributed by atoms with Crippen molar-refractivity contribution in [3.63, 3.8) is 0 Å². The number of anilines is 4. The third-order valence-electron chi connectivity index (χ3n) is 13.1. The summed E-state index contributed by atoms with van der Waals surface area (Å²) in [6, 6.07) is 23.7. The van der Waals surface area contributed by atoms with Crippen molar-refractivity contribution in [2.24, 2.45) is 5.73 Å². The van der Waals surface area contributed by atoms with Crippen LogP contribution in [0.4, 0.5) is 45.4 Å². The Bertz CT molecular complexity index is 3380. The average molecular weight is 1150 g/mol. The lowest BCUT2D eigenvalue weighted by Crippen LogP contribution is -2.45. The SMILES string of the molecule is Cc1cc(Nc2nccn3c(-c4ccc(OC(F)F)cc4)cnc23)ccc1C(=O)NCCCCCCN.Cc1cc(Nc2nccn3c(-c4ccc(OC(F)F)cc4)cnc23)ccc1C(=O)NCCCCCCN(C(=O)O)C(C)(C)C.Cl. The molecule has 0 spiro atoms. The largest absolute Gasteiger partial charge is 0.465 e. The molecule has 0 unspecified atom stereocenters. The molecule has 82 heavy (non-hydrogen) atoms. The van der Waals surface area contributed by atoms with Crippen LogP contribution in [0.25, 0.3) is 33.8 Å². The molecule has 4 aromatic carbocycles. The summed E-state index contributed by atoms with van der Waals surface area (Å²) in [4.78, 5) is 56.2. The summed E-state index contributed by atoms with van der Waals surface area (Å²) in [5, 5.41) is 21.9. The van der Waals surface area contributed by atoms with Crippen LogP contribution in [0.2, 0.25) is 0 Å². The van der Waals surface area contributed by atoms with Crippen molar-refractivity contribution in [1.82, 2.24) is 44.3 Å². The standard InChI is InChI=1S/C32H38F2N6O4.C27H30F2N6O2.ClH/c1-21-19-23(11-14-25(21)29(41)36-15-7-5-6-8-17-40(31(42)43)32(2,3)4)38-27-28-37-20-26(39(28)18-16-35-27)22-9-12-24(13-10-22)44-30(33)34;1-18-16-20(8-11-22(18)26(36)32-13-5-3-2-4-12-30)34-24-25-33-17-23(35(25)15-14-31-24)19-6-9-21(10-7-19)37-27(28)29;/h9-14,16,18-20,30H,5-8,15,17H2,1-4H3,(H,35,38)(H,36,41)(H,42,43);6-11,14-17,27H,2-5,12-13,30H2,1H3,(H,31,34)(H,32,36);1H. The van der Waals surface area contributed by atoms with E-state index in [0.29, 0.717) is 60.2 Å². The van der Waals surface area contributed by atoms with Gasteiger partial charge in [0.2, 0.25) is 0 Å². The number of aromatic nitrogens is 6. The van der Waals surface area contributed by atoms with Crippen molar-refractivity contribution < 1.29 is 46.5 Å². The van der Waals surface area contributed by atoms with Gasteiger partial charge in [0.25, 0.3) is 11.8 Å². The number of unbranched alkanes of at least 4 members (excludes halogenated alkanes) is 6. The molecule has 3 amide bonds. The van der Waals surface area contributed by atoms with Crippen LogP contribution >= 0.6 is 12.4 Å². The Balaban J connectivity index is 0.000000264. The second-order valence-corrected chi connectivity index (χ2v) is 20.1. The Labute approximate surface area is 479 Å². The number of benzene rings is 4. The summed E-state index contributed by atoms with van der Waals surface area (Å²) in [6.07, 6.45) is 16.7. The number of hydrogen-bond acceptors (Lipinski definition) is 12. The number of carbonyl (C=O) groups excluding carboxylic acids is 2. The predicted molar refractivity (Wildman–Crippen MR) is 311 cm³/mol. The highest BCUT2D eigenvalue weighted by Crippen LogP contribution is 2.30. The van der Waals surface area contributed by atoms with Crippen LogP contribution in [-0.2, 0) is 0 Å². The number of imidazole rings is 2. The molecule has 0 saturated carbocycles. The van der Waals surface area contributed by atoms with Gasteiger partial charge in [-0.15, -0.1) is 12.4 Å². The van der Waals surface area contributed by atoms with Crippen LogP contribution in [0.5, 0.6) is 11.5 Å². The highest BCUT2D eigenvalue weighted by molar-refractivity contribution is 5.97. The minimum absolute atomic E-state index is 0. The van der Waals surface area contributed by atoms with Crippen LogP contribution in [0.15, 0.2) is 122 Å². The molecule has 0 atom stereocenters. The number of alkyl halides is 4. The monoisotopic (exact) mass is 1150 g/mol. The Kier molecular flexibility index (Phi) is 22.8. The summed E-state index contributed by atoms with van der Waals surface area (Å²) in [5.41, 5.74) is 13.7. The first-order chi connectivity index (χ1) is 38.9. The molecule has 8 rings (SSSR count). The summed E-state index contributed by atoms with van der Waals surface area (Å²) in [7, 11) is 0. The molecular formula is C59H69ClF4N12O6. The van der Waals surface area contributed by atoms with E-state index in [-0.39, 0.29) is 35.7 Å². The predicted octanol–water partition coefficient (Wildman–Crippen LogP) is 12.8. The van der Waals surface area contributed by atoms with E-state index < -0.39 is 24.9 Å². The average Bonchev–Trinajstić information content (AvgIpc) is 4.15. The van der Waals surface area contributed by atoms with Crippen molar-refractivity contribution >= 4 is 64.6 Å². The number of nitrogens with zero attached hydrogens (tertiary/aromatic N) is 7. The number of aryl methyl sites for hydroxylation is 2. The van der Waals surface area contributed by atoms with E-state index in [0.717, 1.165) is 96.4 Å². The minimum atomic E-state index is -2.89. The molecule has 0 aliphatic carbocycles. The third-order valence-corrected chi connectivity index (χ3v) is 13.1. The molecule has 4 heterocycles. The zero-order chi connectivity index (χ0) is 58.1. The van der Waals surface area contributed by atoms with Crippen LogP contribution < -0.4 is 36.5 Å². The van der Waals surface area contributed by atoms with Gasteiger partial charge in [-0.05, 0) is 163 Å². The number of ether oxygens (including phenoxy) is 2. The Morgan fingerprint density at radius 1 is 0.610 bits per heavy atom. The van der Waals surface area contributed by atoms with Gasteiger partial charge in [-0.2, -0.15) is 17.6 Å². The fourth-order valence-electron chi connectivity index (χ4n) is 9.01. The van der Waals surface area contributed by atoms with Gasteiger partial charge in [-0.1, -0.05) is 25.7 Å². The quantitative estimate of drug-likeness (QED) is 0.0231. The van der Waals surface area contributed by atoms with Gasteiger partial charge < -0.3 is 46.5 Å². The lowest BCUT2D eigenvalue weighted by Gasteiger charge is -2.33. The summed E-state index contributed by atoms with van der Waals surface area (Å²) in [5.74, 6) is 0.980. The number of nitrogens with two attached hydrogens (primary N) is 1. The summed E-state index contributed by atoms with van der Waals surface area (Å²) in [6.45, 7) is 6.03. The van der Waals surface area contributed by atoms with Crippen LogP contribution in [0.1, 0.15) is 104 Å². The second kappa shape index (κ2) is 29.8. The Morgan fingerprint density at radius 2 is 1.02 bits per heavy atom. The van der Waals surface area contributed by atoms with Crippen molar-refractivity contribution in [3.05, 3.63) is 144 Å². The van der Waals surface area contributed by atoms with Gasteiger partial charge in [-0.3, -0.25) is 18.4 Å². The molecule has 8 aromatic rings. The highest BCUT2D eigenvalue weighted by Gasteiger charge is 2.25. The maximum absolute atomic E-state index is 12.8. The molecule has 23 heteroatoms. The van der Waals surface area contributed by atoms with Crippen LogP contribution in [-0.4, -0.2) is 102 Å². The fraction of sp³-hybridized carbons (Fsp3) is 0.339. The molecular weight excluding hydrogens is 1080 g/mol. The van der Waals surface area contributed by atoms with Crippen LogP contribution in [0.3, 0.4) is 0 Å². The number of fused-ring (bicyclic) bond motifs is 2. The molecule has 7 N–H and O–H groups in total. The normalized spacial score (nSPS) is 11.2. The lowest BCUT2D eigenvalue weighted by atomic mass is 10.1. The van der Waals surface area contributed by atoms with Crippen molar-refractivity contribution in [3.8, 4) is 34.0 Å². The van der Waals surface area contributed by atoms with E-state index >= 15 is 0 Å². The maximum atomic E-state index is 12.8. The van der Waals surface area contributed by atoms with Crippen molar-refractivity contribution in [1.29, 1.82) is 0 Å². The number of nitrogens with one attached hydrogen (secondary N) is 4. The third kappa shape index (κ3) is 17.3. The first-order valence-electron chi connectivity index (χ1n) is 26.7. The molecule has 0 saturated heterocycles. The van der Waals surface area contributed by atoms with E-state index in [4.69, 9.17) is 5.73 Å². The minimum Gasteiger partial charge on any atom is -0.465 e.